The zero-order valence-corrected chi connectivity index (χ0v) is 15.0. The van der Waals surface area contributed by atoms with Crippen LogP contribution in [0.3, 0.4) is 0 Å². The summed E-state index contributed by atoms with van der Waals surface area (Å²) in [4.78, 5) is 4.57. The fourth-order valence-electron chi connectivity index (χ4n) is 3.92. The normalized spacial score (nSPS) is 23.5. The SMILES string of the molecule is CC1c2c(C3(C(O)c4ccccc4)C=NN=N3)ncn2-c2ccccc2N1[O-]. The number of rotatable bonds is 3. The van der Waals surface area contributed by atoms with Crippen LogP contribution in [0.2, 0.25) is 0 Å². The van der Waals surface area contributed by atoms with Crippen LogP contribution in [0.4, 0.5) is 5.69 Å². The molecule has 0 fully saturated rings. The van der Waals surface area contributed by atoms with E-state index in [2.05, 4.69) is 20.4 Å². The molecule has 8 nitrogen and oxygen atoms in total. The molecule has 3 unspecified atom stereocenters. The Morgan fingerprint density at radius 1 is 1.07 bits per heavy atom. The molecule has 1 N–H and O–H groups in total. The number of benzene rings is 2. The van der Waals surface area contributed by atoms with E-state index in [0.717, 1.165) is 10.8 Å². The second kappa shape index (κ2) is 6.08. The zero-order chi connectivity index (χ0) is 19.3. The average Bonchev–Trinajstić information content (AvgIpc) is 3.40. The lowest BCUT2D eigenvalue weighted by Crippen LogP contribution is -2.36. The molecule has 0 spiro atoms. The molecule has 5 rings (SSSR count). The van der Waals surface area contributed by atoms with Gasteiger partial charge in [-0.05, 0) is 29.8 Å². The number of imidazole rings is 1. The van der Waals surface area contributed by atoms with Crippen molar-refractivity contribution in [3.8, 4) is 5.69 Å². The maximum absolute atomic E-state index is 12.9. The molecule has 2 aliphatic heterocycles. The summed E-state index contributed by atoms with van der Waals surface area (Å²) in [5.74, 6) is 0. The number of hydrogen-bond donors (Lipinski definition) is 1. The number of aliphatic hydroxyl groups excluding tert-OH is 1. The molecule has 2 aromatic carbocycles. The van der Waals surface area contributed by atoms with Crippen LogP contribution in [0, 0.1) is 5.21 Å². The molecule has 8 heteroatoms. The van der Waals surface area contributed by atoms with Crippen LogP contribution in [0.15, 0.2) is 76.4 Å². The lowest BCUT2D eigenvalue weighted by Gasteiger charge is -2.43. The Morgan fingerprint density at radius 2 is 1.79 bits per heavy atom. The minimum Gasteiger partial charge on any atom is -0.758 e. The molecule has 0 saturated carbocycles. The van der Waals surface area contributed by atoms with Gasteiger partial charge in [-0.3, -0.25) is 4.57 Å². The minimum atomic E-state index is -1.29. The second-order valence-corrected chi connectivity index (χ2v) is 6.91. The predicted molar refractivity (Wildman–Crippen MR) is 104 cm³/mol. The van der Waals surface area contributed by atoms with Gasteiger partial charge in [-0.15, -0.1) is 10.2 Å². The van der Waals surface area contributed by atoms with Gasteiger partial charge in [0.1, 0.15) is 11.8 Å². The highest BCUT2D eigenvalue weighted by Crippen LogP contribution is 2.46. The Morgan fingerprint density at radius 3 is 2.50 bits per heavy atom. The summed E-state index contributed by atoms with van der Waals surface area (Å²) in [6.07, 6.45) is 2.11. The van der Waals surface area contributed by atoms with Crippen molar-refractivity contribution in [2.75, 3.05) is 5.06 Å². The third-order valence-corrected chi connectivity index (χ3v) is 5.36. The molecule has 0 aliphatic carbocycles. The molecule has 3 heterocycles. The molecule has 140 valence electrons. The van der Waals surface area contributed by atoms with E-state index in [4.69, 9.17) is 0 Å². The first-order valence-electron chi connectivity index (χ1n) is 8.96. The molecule has 3 atom stereocenters. The number of hydrogen-bond acceptors (Lipinski definition) is 7. The Bertz CT molecular complexity index is 1080. The number of nitrogens with zero attached hydrogens (tertiary/aromatic N) is 6. The van der Waals surface area contributed by atoms with Crippen LogP contribution >= 0.6 is 0 Å². The van der Waals surface area contributed by atoms with Crippen LogP contribution in [-0.2, 0) is 5.54 Å². The van der Waals surface area contributed by atoms with Gasteiger partial charge in [0.2, 0.25) is 0 Å². The Balaban J connectivity index is 1.72. The highest BCUT2D eigenvalue weighted by Gasteiger charge is 2.47. The predicted octanol–water partition coefficient (Wildman–Crippen LogP) is 3.63. The van der Waals surface area contributed by atoms with E-state index in [1.807, 2.05) is 60.0 Å². The standard InChI is InChI=1S/C20H17N6O2/c1-13-17-18(21-12-25(17)15-9-5-6-10-16(15)26(13)28)20(11-22-24-23-20)19(27)14-7-3-2-4-8-14/h2-13,19,27H,1H3/q-1. The summed E-state index contributed by atoms with van der Waals surface area (Å²) >= 11 is 0. The summed E-state index contributed by atoms with van der Waals surface area (Å²) in [5, 5.41) is 37.0. The lowest BCUT2D eigenvalue weighted by atomic mass is 9.84. The number of anilines is 1. The molecule has 0 saturated heterocycles. The quantitative estimate of drug-likeness (QED) is 0.757. The first-order valence-corrected chi connectivity index (χ1v) is 8.96. The van der Waals surface area contributed by atoms with E-state index in [-0.39, 0.29) is 0 Å². The molecular weight excluding hydrogens is 356 g/mol. The van der Waals surface area contributed by atoms with Crippen molar-refractivity contribution in [1.29, 1.82) is 0 Å². The summed E-state index contributed by atoms with van der Waals surface area (Å²) in [6, 6.07) is 16.0. The first-order chi connectivity index (χ1) is 13.6. The number of hydroxylamine groups is 1. The molecule has 0 bridgehead atoms. The van der Waals surface area contributed by atoms with E-state index in [0.29, 0.717) is 22.6 Å². The van der Waals surface area contributed by atoms with Gasteiger partial charge >= 0.3 is 0 Å². The Hall–Kier alpha value is -3.36. The van der Waals surface area contributed by atoms with E-state index in [9.17, 15) is 10.3 Å². The third kappa shape index (κ3) is 2.19. The molecule has 3 aromatic rings. The van der Waals surface area contributed by atoms with Gasteiger partial charge in [-0.2, -0.15) is 0 Å². The highest BCUT2D eigenvalue weighted by molar-refractivity contribution is 5.77. The van der Waals surface area contributed by atoms with Gasteiger partial charge in [0, 0.05) is 0 Å². The number of aliphatic hydroxyl groups is 1. The summed E-state index contributed by atoms with van der Waals surface area (Å²) in [5.41, 5.74) is 1.82. The van der Waals surface area contributed by atoms with Crippen LogP contribution < -0.4 is 5.06 Å². The molecule has 28 heavy (non-hydrogen) atoms. The average molecular weight is 373 g/mol. The molecular formula is C20H17N6O2-. The lowest BCUT2D eigenvalue weighted by molar-refractivity contribution is 0.119. The van der Waals surface area contributed by atoms with Gasteiger partial charge in [-0.1, -0.05) is 42.5 Å². The zero-order valence-electron chi connectivity index (χ0n) is 15.0. The van der Waals surface area contributed by atoms with Crippen LogP contribution in [-0.4, -0.2) is 20.9 Å². The fraction of sp³-hybridized carbons (Fsp3) is 0.200. The van der Waals surface area contributed by atoms with E-state index in [1.165, 1.54) is 6.21 Å². The van der Waals surface area contributed by atoms with Crippen molar-refractivity contribution in [1.82, 2.24) is 9.55 Å². The topological polar surface area (TPSA) is 101 Å². The number of aromatic nitrogens is 2. The van der Waals surface area contributed by atoms with Gasteiger partial charge in [0.05, 0.1) is 35.7 Å². The fourth-order valence-corrected chi connectivity index (χ4v) is 3.92. The largest absolute Gasteiger partial charge is 0.758 e. The smallest absolute Gasteiger partial charge is 0.194 e. The highest BCUT2D eigenvalue weighted by atomic mass is 16.5. The van der Waals surface area contributed by atoms with E-state index < -0.39 is 17.7 Å². The second-order valence-electron chi connectivity index (χ2n) is 6.91. The Labute approximate surface area is 161 Å². The monoisotopic (exact) mass is 373 g/mol. The van der Waals surface area contributed by atoms with E-state index in [1.54, 1.807) is 12.4 Å². The summed E-state index contributed by atoms with van der Waals surface area (Å²) in [6.45, 7) is 1.81. The first kappa shape index (κ1) is 16.8. The van der Waals surface area contributed by atoms with Crippen molar-refractivity contribution in [3.05, 3.63) is 83.1 Å². The van der Waals surface area contributed by atoms with Crippen molar-refractivity contribution < 1.29 is 5.11 Å². The van der Waals surface area contributed by atoms with Crippen LogP contribution in [0.5, 0.6) is 0 Å². The summed E-state index contributed by atoms with van der Waals surface area (Å²) < 4.78 is 1.88. The number of fused-ring (bicyclic) bond motifs is 3. The van der Waals surface area contributed by atoms with Crippen molar-refractivity contribution >= 4 is 11.9 Å². The Kier molecular flexibility index (Phi) is 3.65. The number of para-hydroxylation sites is 2. The molecule has 0 amide bonds. The molecule has 0 radical (unpaired) electrons. The third-order valence-electron chi connectivity index (χ3n) is 5.36. The van der Waals surface area contributed by atoms with Gasteiger partial charge in [0.15, 0.2) is 5.54 Å². The molecule has 2 aliphatic rings. The maximum atomic E-state index is 12.9. The van der Waals surface area contributed by atoms with Gasteiger partial charge < -0.3 is 15.4 Å². The van der Waals surface area contributed by atoms with Crippen molar-refractivity contribution in [3.63, 3.8) is 0 Å². The van der Waals surface area contributed by atoms with E-state index >= 15 is 0 Å². The van der Waals surface area contributed by atoms with Gasteiger partial charge in [0.25, 0.3) is 0 Å². The molecule has 1 aromatic heterocycles. The van der Waals surface area contributed by atoms with Crippen LogP contribution in [0.1, 0.15) is 36.0 Å². The van der Waals surface area contributed by atoms with Gasteiger partial charge in [-0.25, -0.2) is 4.98 Å². The van der Waals surface area contributed by atoms with Crippen LogP contribution in [0.25, 0.3) is 5.69 Å². The van der Waals surface area contributed by atoms with Crippen molar-refractivity contribution in [2.45, 2.75) is 24.6 Å². The summed E-state index contributed by atoms with van der Waals surface area (Å²) in [7, 11) is 0. The minimum absolute atomic E-state index is 0.469. The maximum Gasteiger partial charge on any atom is 0.194 e. The van der Waals surface area contributed by atoms with Crippen molar-refractivity contribution in [2.24, 2.45) is 15.4 Å².